The van der Waals surface area contributed by atoms with Gasteiger partial charge in [-0.15, -0.1) is 0 Å². The van der Waals surface area contributed by atoms with Gasteiger partial charge in [-0.3, -0.25) is 0 Å². The van der Waals surface area contributed by atoms with E-state index in [2.05, 4.69) is 0 Å². The van der Waals surface area contributed by atoms with Crippen LogP contribution in [0.4, 0.5) is 0 Å². The zero-order chi connectivity index (χ0) is 28.3. The second kappa shape index (κ2) is 15.0. The summed E-state index contributed by atoms with van der Waals surface area (Å²) in [4.78, 5) is 0. The number of hydrogen-bond donors (Lipinski definition) is 1. The highest BCUT2D eigenvalue weighted by atomic mass is 16.7. The van der Waals surface area contributed by atoms with Crippen LogP contribution in [0.15, 0.2) is 115 Å². The normalized spacial score (nSPS) is 22.4. The lowest BCUT2D eigenvalue weighted by atomic mass is 9.98. The van der Waals surface area contributed by atoms with E-state index in [9.17, 15) is 5.11 Å². The summed E-state index contributed by atoms with van der Waals surface area (Å²) in [6.45, 7) is 3.67. The van der Waals surface area contributed by atoms with Crippen LogP contribution in [-0.4, -0.2) is 42.4 Å². The van der Waals surface area contributed by atoms with Crippen LogP contribution in [0.5, 0.6) is 0 Å². The molecule has 1 saturated heterocycles. The molecule has 4 aromatic carbocycles. The minimum atomic E-state index is -1.07. The lowest BCUT2D eigenvalue weighted by molar-refractivity contribution is -0.321. The minimum absolute atomic E-state index is 0.247. The highest BCUT2D eigenvalue weighted by molar-refractivity contribution is 5.21. The molecule has 5 rings (SSSR count). The number of hydrogen-bond acceptors (Lipinski definition) is 6. The number of aliphatic hydroxyl groups excluding tert-OH is 1. The van der Waals surface area contributed by atoms with Gasteiger partial charge in [-0.05, 0) is 29.2 Å². The van der Waals surface area contributed by atoms with Crippen LogP contribution in [0.2, 0.25) is 0 Å². The van der Waals surface area contributed by atoms with Crippen LogP contribution >= 0.6 is 0 Å². The summed E-state index contributed by atoms with van der Waals surface area (Å²) in [6.07, 6.45) is -3.83. The van der Waals surface area contributed by atoms with Crippen molar-refractivity contribution in [1.82, 2.24) is 0 Å². The van der Waals surface area contributed by atoms with Crippen LogP contribution < -0.4 is 0 Å². The maximum Gasteiger partial charge on any atom is 0.187 e. The Bertz CT molecular complexity index is 1280. The molecule has 214 valence electrons. The van der Waals surface area contributed by atoms with Gasteiger partial charge in [-0.25, -0.2) is 0 Å². The molecular formula is C35H38O6. The SMILES string of the molecule is Cc1ccc(CO[C@@H]2OC(COCc3ccccc3)[C@@H](OCc3ccccc3)C(OCc3ccccc3)C2O)cc1. The standard InChI is InChI=1S/C35H38O6/c1-26-17-19-30(20-18-26)24-40-35-32(36)34(39-23-29-15-9-4-10-16-29)33(38-22-28-13-7-3-8-14-28)31(41-35)25-37-21-27-11-5-2-6-12-27/h2-20,31-36H,21-25H2,1H3/t31?,32?,33-,34?,35-/m1/s1. The smallest absolute Gasteiger partial charge is 0.187 e. The molecule has 6 nitrogen and oxygen atoms in total. The van der Waals surface area contributed by atoms with Crippen molar-refractivity contribution in [2.75, 3.05) is 6.61 Å². The zero-order valence-electron chi connectivity index (χ0n) is 23.4. The van der Waals surface area contributed by atoms with Gasteiger partial charge in [-0.2, -0.15) is 0 Å². The Labute approximate surface area is 242 Å². The number of rotatable bonds is 13. The lowest BCUT2D eigenvalue weighted by Crippen LogP contribution is -2.61. The average molecular weight is 555 g/mol. The number of aliphatic hydroxyl groups is 1. The van der Waals surface area contributed by atoms with E-state index in [0.29, 0.717) is 26.4 Å². The third kappa shape index (κ3) is 8.57. The summed E-state index contributed by atoms with van der Waals surface area (Å²) in [5.41, 5.74) is 5.25. The monoisotopic (exact) mass is 554 g/mol. The van der Waals surface area contributed by atoms with Gasteiger partial charge in [0.2, 0.25) is 0 Å². The second-order valence-electron chi connectivity index (χ2n) is 10.4. The molecule has 0 amide bonds. The van der Waals surface area contributed by atoms with Crippen molar-refractivity contribution >= 4 is 0 Å². The Morgan fingerprint density at radius 2 is 1.02 bits per heavy atom. The summed E-state index contributed by atoms with van der Waals surface area (Å²) in [5, 5.41) is 11.5. The van der Waals surface area contributed by atoms with Crippen molar-refractivity contribution in [1.29, 1.82) is 0 Å². The molecule has 1 fully saturated rings. The Morgan fingerprint density at radius 1 is 0.561 bits per heavy atom. The second-order valence-corrected chi connectivity index (χ2v) is 10.4. The highest BCUT2D eigenvalue weighted by Crippen LogP contribution is 2.29. The van der Waals surface area contributed by atoms with E-state index in [0.717, 1.165) is 22.3 Å². The summed E-state index contributed by atoms with van der Waals surface area (Å²) >= 11 is 0. The topological polar surface area (TPSA) is 66.4 Å². The highest BCUT2D eigenvalue weighted by Gasteiger charge is 2.47. The first-order valence-corrected chi connectivity index (χ1v) is 14.1. The Morgan fingerprint density at radius 3 is 1.59 bits per heavy atom. The van der Waals surface area contributed by atoms with E-state index in [1.54, 1.807) is 0 Å². The van der Waals surface area contributed by atoms with E-state index in [-0.39, 0.29) is 6.61 Å². The molecule has 4 aromatic rings. The van der Waals surface area contributed by atoms with Gasteiger partial charge in [0.05, 0.1) is 33.0 Å². The molecule has 1 aliphatic heterocycles. The summed E-state index contributed by atoms with van der Waals surface area (Å²) in [5.74, 6) is 0. The number of ether oxygens (including phenoxy) is 5. The van der Waals surface area contributed by atoms with Crippen molar-refractivity contribution in [2.45, 2.75) is 64.1 Å². The molecule has 1 heterocycles. The van der Waals surface area contributed by atoms with Crippen molar-refractivity contribution in [3.63, 3.8) is 0 Å². The molecule has 0 saturated carbocycles. The predicted octanol–water partition coefficient (Wildman–Crippen LogP) is 5.99. The van der Waals surface area contributed by atoms with Crippen molar-refractivity contribution in [2.24, 2.45) is 0 Å². The first-order chi connectivity index (χ1) is 20.2. The maximum atomic E-state index is 11.5. The fourth-order valence-electron chi connectivity index (χ4n) is 4.82. The van der Waals surface area contributed by atoms with Crippen molar-refractivity contribution in [3.05, 3.63) is 143 Å². The molecule has 0 aromatic heterocycles. The molecule has 6 heteroatoms. The predicted molar refractivity (Wildman–Crippen MR) is 157 cm³/mol. The van der Waals surface area contributed by atoms with Gasteiger partial charge in [0.1, 0.15) is 24.4 Å². The van der Waals surface area contributed by atoms with Crippen molar-refractivity contribution in [3.8, 4) is 0 Å². The molecule has 0 aliphatic carbocycles. The summed E-state index contributed by atoms with van der Waals surface area (Å²) in [6, 6.07) is 37.9. The Hall–Kier alpha value is -3.36. The van der Waals surface area contributed by atoms with Crippen LogP contribution in [0.3, 0.4) is 0 Å². The van der Waals surface area contributed by atoms with Crippen LogP contribution in [0, 0.1) is 6.92 Å². The molecule has 3 unspecified atom stereocenters. The quantitative estimate of drug-likeness (QED) is 0.219. The summed E-state index contributed by atoms with van der Waals surface area (Å²) in [7, 11) is 0. The summed E-state index contributed by atoms with van der Waals surface area (Å²) < 4.78 is 31.4. The largest absolute Gasteiger partial charge is 0.385 e. The van der Waals surface area contributed by atoms with Gasteiger partial charge in [-0.1, -0.05) is 121 Å². The molecule has 1 aliphatic rings. The maximum absolute atomic E-state index is 11.5. The van der Waals surface area contributed by atoms with E-state index < -0.39 is 30.7 Å². The van der Waals surface area contributed by atoms with Crippen LogP contribution in [-0.2, 0) is 50.1 Å². The third-order valence-corrected chi connectivity index (χ3v) is 7.11. The van der Waals surface area contributed by atoms with Gasteiger partial charge >= 0.3 is 0 Å². The van der Waals surface area contributed by atoms with Crippen LogP contribution in [0.25, 0.3) is 0 Å². The molecule has 1 N–H and O–H groups in total. The number of aryl methyl sites for hydroxylation is 1. The first kappa shape index (κ1) is 29.1. The Kier molecular flexibility index (Phi) is 10.7. The zero-order valence-corrected chi connectivity index (χ0v) is 23.4. The number of benzene rings is 4. The first-order valence-electron chi connectivity index (χ1n) is 14.1. The van der Waals surface area contributed by atoms with E-state index in [1.807, 2.05) is 122 Å². The molecule has 0 spiro atoms. The van der Waals surface area contributed by atoms with Crippen molar-refractivity contribution < 1.29 is 28.8 Å². The molecule has 5 atom stereocenters. The van der Waals surface area contributed by atoms with E-state index in [4.69, 9.17) is 23.7 Å². The van der Waals surface area contributed by atoms with Gasteiger partial charge < -0.3 is 28.8 Å². The molecule has 0 radical (unpaired) electrons. The fraction of sp³-hybridized carbons (Fsp3) is 0.314. The molecule has 41 heavy (non-hydrogen) atoms. The van der Waals surface area contributed by atoms with Crippen LogP contribution in [0.1, 0.15) is 27.8 Å². The van der Waals surface area contributed by atoms with Gasteiger partial charge in [0.25, 0.3) is 0 Å². The third-order valence-electron chi connectivity index (χ3n) is 7.11. The molecular weight excluding hydrogens is 516 g/mol. The average Bonchev–Trinajstić information content (AvgIpc) is 3.02. The minimum Gasteiger partial charge on any atom is -0.385 e. The van der Waals surface area contributed by atoms with Gasteiger partial charge in [0, 0.05) is 0 Å². The fourth-order valence-corrected chi connectivity index (χ4v) is 4.82. The van der Waals surface area contributed by atoms with Gasteiger partial charge in [0.15, 0.2) is 6.29 Å². The van der Waals surface area contributed by atoms with E-state index in [1.165, 1.54) is 5.56 Å². The lowest BCUT2D eigenvalue weighted by Gasteiger charge is -2.44. The molecule has 0 bridgehead atoms. The Balaban J connectivity index is 1.34. The van der Waals surface area contributed by atoms with E-state index >= 15 is 0 Å².